The first kappa shape index (κ1) is 16.2. The molecule has 21 heavy (non-hydrogen) atoms. The van der Waals surface area contributed by atoms with Crippen molar-refractivity contribution in [2.24, 2.45) is 0 Å². The van der Waals surface area contributed by atoms with E-state index in [0.29, 0.717) is 19.6 Å². The van der Waals surface area contributed by atoms with Gasteiger partial charge in [0, 0.05) is 32.2 Å². The lowest BCUT2D eigenvalue weighted by Gasteiger charge is -2.28. The fourth-order valence-corrected chi connectivity index (χ4v) is 3.09. The van der Waals surface area contributed by atoms with Crippen LogP contribution in [0.15, 0.2) is 0 Å². The predicted molar refractivity (Wildman–Crippen MR) is 78.9 cm³/mol. The summed E-state index contributed by atoms with van der Waals surface area (Å²) in [6, 6.07) is -0.0577. The SMILES string of the molecule is CN(C)CC1CC(O)CN1CCN1C(=O)NC(C)(C)C1=O. The number of carbonyl (C=O) groups excluding carboxylic acids is 2. The van der Waals surface area contributed by atoms with Crippen molar-refractivity contribution >= 4 is 11.9 Å². The van der Waals surface area contributed by atoms with Crippen molar-refractivity contribution in [2.45, 2.75) is 38.0 Å². The topological polar surface area (TPSA) is 76.1 Å². The van der Waals surface area contributed by atoms with Gasteiger partial charge >= 0.3 is 6.03 Å². The minimum atomic E-state index is -0.815. The fourth-order valence-electron chi connectivity index (χ4n) is 3.09. The van der Waals surface area contributed by atoms with E-state index in [1.54, 1.807) is 13.8 Å². The zero-order valence-electron chi connectivity index (χ0n) is 13.3. The molecule has 2 aliphatic heterocycles. The van der Waals surface area contributed by atoms with Crippen LogP contribution in [-0.2, 0) is 4.79 Å². The first-order chi connectivity index (χ1) is 9.70. The van der Waals surface area contributed by atoms with Crippen molar-refractivity contribution in [1.29, 1.82) is 0 Å². The highest BCUT2D eigenvalue weighted by atomic mass is 16.3. The molecule has 0 radical (unpaired) electrons. The van der Waals surface area contributed by atoms with Gasteiger partial charge in [0.1, 0.15) is 5.54 Å². The molecular formula is C14H26N4O3. The number of rotatable bonds is 5. The lowest BCUT2D eigenvalue weighted by atomic mass is 10.1. The maximum absolute atomic E-state index is 12.1. The zero-order chi connectivity index (χ0) is 15.8. The number of β-amino-alcohol motifs (C(OH)–C–C–N with tert-alkyl or cyclic N) is 1. The lowest BCUT2D eigenvalue weighted by molar-refractivity contribution is -0.130. The molecular weight excluding hydrogens is 272 g/mol. The van der Waals surface area contributed by atoms with Crippen LogP contribution in [-0.4, -0.2) is 89.7 Å². The minimum Gasteiger partial charge on any atom is -0.392 e. The zero-order valence-corrected chi connectivity index (χ0v) is 13.3. The fraction of sp³-hybridized carbons (Fsp3) is 0.857. The van der Waals surface area contributed by atoms with Crippen LogP contribution in [0.5, 0.6) is 0 Å². The Bertz CT molecular complexity index is 424. The third-order valence-electron chi connectivity index (χ3n) is 4.14. The smallest absolute Gasteiger partial charge is 0.325 e. The Labute approximate surface area is 125 Å². The van der Waals surface area contributed by atoms with Gasteiger partial charge in [0.15, 0.2) is 0 Å². The molecule has 0 aliphatic carbocycles. The van der Waals surface area contributed by atoms with Crippen LogP contribution in [0.1, 0.15) is 20.3 Å². The summed E-state index contributed by atoms with van der Waals surface area (Å²) in [7, 11) is 4.01. The van der Waals surface area contributed by atoms with Crippen LogP contribution < -0.4 is 5.32 Å². The van der Waals surface area contributed by atoms with E-state index in [0.717, 1.165) is 13.0 Å². The highest BCUT2D eigenvalue weighted by molar-refractivity contribution is 6.06. The Hall–Kier alpha value is -1.18. The van der Waals surface area contributed by atoms with Crippen molar-refractivity contribution in [2.75, 3.05) is 40.3 Å². The molecule has 2 saturated heterocycles. The molecule has 2 heterocycles. The van der Waals surface area contributed by atoms with Gasteiger partial charge in [0.05, 0.1) is 6.10 Å². The number of hydrogen-bond acceptors (Lipinski definition) is 5. The molecule has 120 valence electrons. The largest absolute Gasteiger partial charge is 0.392 e. The summed E-state index contributed by atoms with van der Waals surface area (Å²) >= 11 is 0. The summed E-state index contributed by atoms with van der Waals surface area (Å²) in [6.07, 6.45) is 0.415. The molecule has 2 rings (SSSR count). The number of urea groups is 1. The highest BCUT2D eigenvalue weighted by Gasteiger charge is 2.44. The second-order valence-corrected chi connectivity index (χ2v) is 6.81. The van der Waals surface area contributed by atoms with E-state index in [9.17, 15) is 14.7 Å². The summed E-state index contributed by atoms with van der Waals surface area (Å²) in [5, 5.41) is 12.5. The van der Waals surface area contributed by atoms with Gasteiger partial charge in [0.2, 0.25) is 0 Å². The minimum absolute atomic E-state index is 0.184. The number of likely N-dealkylation sites (N-methyl/N-ethyl adjacent to an activating group) is 1. The summed E-state index contributed by atoms with van der Waals surface area (Å²) in [4.78, 5) is 29.5. The summed E-state index contributed by atoms with van der Waals surface area (Å²) < 4.78 is 0. The molecule has 2 aliphatic rings. The normalized spacial score (nSPS) is 29.5. The third kappa shape index (κ3) is 3.53. The Morgan fingerprint density at radius 2 is 2.00 bits per heavy atom. The van der Waals surface area contributed by atoms with Crippen molar-refractivity contribution in [3.05, 3.63) is 0 Å². The Morgan fingerprint density at radius 3 is 2.52 bits per heavy atom. The molecule has 0 saturated carbocycles. The van der Waals surface area contributed by atoms with Gasteiger partial charge in [0.25, 0.3) is 5.91 Å². The van der Waals surface area contributed by atoms with E-state index in [1.165, 1.54) is 4.90 Å². The lowest BCUT2D eigenvalue weighted by Crippen LogP contribution is -2.44. The van der Waals surface area contributed by atoms with E-state index >= 15 is 0 Å². The standard InChI is InChI=1S/C14H26N4O3/c1-14(2)12(20)18(13(21)15-14)6-5-17-9-11(19)7-10(17)8-16(3)4/h10-11,19H,5-9H2,1-4H3,(H,15,21). The number of likely N-dealkylation sites (tertiary alicyclic amines) is 1. The van der Waals surface area contributed by atoms with Gasteiger partial charge in [-0.15, -0.1) is 0 Å². The molecule has 2 atom stereocenters. The van der Waals surface area contributed by atoms with E-state index in [-0.39, 0.29) is 24.1 Å². The molecule has 0 aromatic heterocycles. The Balaban J connectivity index is 1.93. The number of hydrogen-bond donors (Lipinski definition) is 2. The molecule has 2 unspecified atom stereocenters. The van der Waals surface area contributed by atoms with Gasteiger partial charge in [-0.05, 0) is 34.4 Å². The van der Waals surface area contributed by atoms with Gasteiger partial charge < -0.3 is 15.3 Å². The monoisotopic (exact) mass is 298 g/mol. The van der Waals surface area contributed by atoms with Gasteiger partial charge in [-0.1, -0.05) is 0 Å². The van der Waals surface area contributed by atoms with Crippen molar-refractivity contribution in [1.82, 2.24) is 20.0 Å². The van der Waals surface area contributed by atoms with E-state index < -0.39 is 5.54 Å². The van der Waals surface area contributed by atoms with Crippen LogP contribution in [0.2, 0.25) is 0 Å². The Kier molecular flexibility index (Phi) is 4.55. The Morgan fingerprint density at radius 1 is 1.33 bits per heavy atom. The van der Waals surface area contributed by atoms with Crippen LogP contribution in [0.3, 0.4) is 0 Å². The van der Waals surface area contributed by atoms with Crippen molar-refractivity contribution < 1.29 is 14.7 Å². The predicted octanol–water partition coefficient (Wildman–Crippen LogP) is -0.686. The van der Waals surface area contributed by atoms with Crippen molar-refractivity contribution in [3.8, 4) is 0 Å². The van der Waals surface area contributed by atoms with Crippen LogP contribution in [0.4, 0.5) is 4.79 Å². The second-order valence-electron chi connectivity index (χ2n) is 6.81. The first-order valence-electron chi connectivity index (χ1n) is 7.41. The number of imide groups is 1. The molecule has 0 bridgehead atoms. The maximum atomic E-state index is 12.1. The molecule has 2 fully saturated rings. The van der Waals surface area contributed by atoms with Gasteiger partial charge in [-0.25, -0.2) is 4.79 Å². The number of aliphatic hydroxyl groups is 1. The van der Waals surface area contributed by atoms with Crippen molar-refractivity contribution in [3.63, 3.8) is 0 Å². The molecule has 3 amide bonds. The second kappa shape index (κ2) is 5.90. The number of carbonyl (C=O) groups is 2. The van der Waals surface area contributed by atoms with E-state index in [1.807, 2.05) is 14.1 Å². The van der Waals surface area contributed by atoms with E-state index in [4.69, 9.17) is 0 Å². The summed E-state index contributed by atoms with van der Waals surface area (Å²) in [5.41, 5.74) is -0.815. The third-order valence-corrected chi connectivity index (χ3v) is 4.14. The van der Waals surface area contributed by atoms with Crippen LogP contribution in [0.25, 0.3) is 0 Å². The van der Waals surface area contributed by atoms with Gasteiger partial charge in [-0.3, -0.25) is 14.6 Å². The molecule has 0 aromatic rings. The number of aliphatic hydroxyl groups excluding tert-OH is 1. The molecule has 7 heteroatoms. The molecule has 0 spiro atoms. The van der Waals surface area contributed by atoms with E-state index in [2.05, 4.69) is 15.1 Å². The number of nitrogens with zero attached hydrogens (tertiary/aromatic N) is 3. The van der Waals surface area contributed by atoms with Crippen LogP contribution >= 0.6 is 0 Å². The number of nitrogens with one attached hydrogen (secondary N) is 1. The average molecular weight is 298 g/mol. The maximum Gasteiger partial charge on any atom is 0.325 e. The quantitative estimate of drug-likeness (QED) is 0.657. The average Bonchev–Trinajstić information content (AvgIpc) is 2.76. The first-order valence-corrected chi connectivity index (χ1v) is 7.41. The molecule has 0 aromatic carbocycles. The molecule has 7 nitrogen and oxygen atoms in total. The highest BCUT2D eigenvalue weighted by Crippen LogP contribution is 2.20. The van der Waals surface area contributed by atoms with Crippen LogP contribution in [0, 0.1) is 0 Å². The molecule has 2 N–H and O–H groups in total. The summed E-state index contributed by atoms with van der Waals surface area (Å²) in [6.45, 7) is 5.85. The number of amides is 3. The van der Waals surface area contributed by atoms with Gasteiger partial charge in [-0.2, -0.15) is 0 Å². The summed E-state index contributed by atoms with van der Waals surface area (Å²) in [5.74, 6) is -0.184.